The average molecular weight is 251 g/mol. The number of nitrogens with one attached hydrogen (secondary N) is 1. The quantitative estimate of drug-likeness (QED) is 0.365. The topological polar surface area (TPSA) is 37.8 Å². The van der Waals surface area contributed by atoms with Crippen molar-refractivity contribution in [1.82, 2.24) is 15.3 Å². The molecule has 1 rings (SSSR count). The SMILES string of the molecule is C=CCNCC(C)Sc1nc(C)c(C)c(C)n1. The molecule has 1 aromatic heterocycles. The summed E-state index contributed by atoms with van der Waals surface area (Å²) in [6.07, 6.45) is 1.87. The molecule has 4 heteroatoms. The number of hydrogen-bond donors (Lipinski definition) is 1. The fraction of sp³-hybridized carbons (Fsp3) is 0.538. The van der Waals surface area contributed by atoms with Crippen LogP contribution in [0, 0.1) is 20.8 Å². The lowest BCUT2D eigenvalue weighted by Crippen LogP contribution is -2.22. The van der Waals surface area contributed by atoms with Crippen molar-refractivity contribution in [2.24, 2.45) is 0 Å². The summed E-state index contributed by atoms with van der Waals surface area (Å²) in [4.78, 5) is 9.01. The summed E-state index contributed by atoms with van der Waals surface area (Å²) in [7, 11) is 0. The number of rotatable bonds is 6. The van der Waals surface area contributed by atoms with Crippen molar-refractivity contribution in [2.75, 3.05) is 13.1 Å². The van der Waals surface area contributed by atoms with E-state index >= 15 is 0 Å². The first-order valence-corrected chi connectivity index (χ1v) is 6.72. The monoisotopic (exact) mass is 251 g/mol. The molecule has 0 fully saturated rings. The van der Waals surface area contributed by atoms with Crippen LogP contribution in [0.15, 0.2) is 17.8 Å². The van der Waals surface area contributed by atoms with E-state index in [2.05, 4.69) is 35.7 Å². The fourth-order valence-electron chi connectivity index (χ4n) is 1.40. The Morgan fingerprint density at radius 1 is 1.29 bits per heavy atom. The van der Waals surface area contributed by atoms with Gasteiger partial charge < -0.3 is 5.32 Å². The predicted octanol–water partition coefficient (Wildman–Crippen LogP) is 2.66. The molecule has 1 aromatic rings. The van der Waals surface area contributed by atoms with Crippen LogP contribution in [-0.4, -0.2) is 28.3 Å². The maximum Gasteiger partial charge on any atom is 0.188 e. The zero-order chi connectivity index (χ0) is 12.8. The summed E-state index contributed by atoms with van der Waals surface area (Å²) in [5, 5.41) is 4.63. The summed E-state index contributed by atoms with van der Waals surface area (Å²) < 4.78 is 0. The minimum atomic E-state index is 0.455. The van der Waals surface area contributed by atoms with E-state index in [4.69, 9.17) is 0 Å². The van der Waals surface area contributed by atoms with Gasteiger partial charge in [0, 0.05) is 29.7 Å². The molecule has 0 aliphatic heterocycles. The molecule has 0 aliphatic carbocycles. The molecule has 0 saturated carbocycles. The normalized spacial score (nSPS) is 12.5. The second-order valence-corrected chi connectivity index (χ2v) is 5.58. The highest BCUT2D eigenvalue weighted by Gasteiger charge is 2.09. The molecule has 1 heterocycles. The lowest BCUT2D eigenvalue weighted by atomic mass is 10.2. The summed E-state index contributed by atoms with van der Waals surface area (Å²) in [6.45, 7) is 13.8. The summed E-state index contributed by atoms with van der Waals surface area (Å²) in [6, 6.07) is 0. The largest absolute Gasteiger partial charge is 0.312 e. The highest BCUT2D eigenvalue weighted by atomic mass is 32.2. The average Bonchev–Trinajstić information content (AvgIpc) is 2.26. The van der Waals surface area contributed by atoms with Gasteiger partial charge in [-0.15, -0.1) is 6.58 Å². The highest BCUT2D eigenvalue weighted by molar-refractivity contribution is 7.99. The van der Waals surface area contributed by atoms with E-state index in [9.17, 15) is 0 Å². The van der Waals surface area contributed by atoms with Crippen LogP contribution >= 0.6 is 11.8 Å². The second-order valence-electron chi connectivity index (χ2n) is 4.18. The van der Waals surface area contributed by atoms with E-state index in [1.54, 1.807) is 11.8 Å². The van der Waals surface area contributed by atoms with Crippen LogP contribution in [0.5, 0.6) is 0 Å². The number of aromatic nitrogens is 2. The molecule has 0 aromatic carbocycles. The Kier molecular flexibility index (Phi) is 5.65. The van der Waals surface area contributed by atoms with Gasteiger partial charge in [-0.1, -0.05) is 24.8 Å². The van der Waals surface area contributed by atoms with Crippen molar-refractivity contribution in [3.05, 3.63) is 29.6 Å². The van der Waals surface area contributed by atoms with Crippen LogP contribution in [0.1, 0.15) is 23.9 Å². The molecule has 0 amide bonds. The van der Waals surface area contributed by atoms with Crippen LogP contribution in [0.4, 0.5) is 0 Å². The molecule has 0 aliphatic rings. The first kappa shape index (κ1) is 14.2. The lowest BCUT2D eigenvalue weighted by molar-refractivity contribution is 0.737. The number of thioether (sulfide) groups is 1. The zero-order valence-electron chi connectivity index (χ0n) is 11.1. The van der Waals surface area contributed by atoms with Gasteiger partial charge in [0.15, 0.2) is 5.16 Å². The van der Waals surface area contributed by atoms with Crippen LogP contribution in [0.25, 0.3) is 0 Å². The molecular weight excluding hydrogens is 230 g/mol. The summed E-state index contributed by atoms with van der Waals surface area (Å²) >= 11 is 1.71. The van der Waals surface area contributed by atoms with Crippen molar-refractivity contribution in [3.63, 3.8) is 0 Å². The van der Waals surface area contributed by atoms with Crippen molar-refractivity contribution in [2.45, 2.75) is 38.1 Å². The van der Waals surface area contributed by atoms with Crippen LogP contribution in [0.3, 0.4) is 0 Å². The van der Waals surface area contributed by atoms with E-state index in [1.165, 1.54) is 5.56 Å². The second kappa shape index (κ2) is 6.77. The minimum Gasteiger partial charge on any atom is -0.312 e. The van der Waals surface area contributed by atoms with Gasteiger partial charge in [0.05, 0.1) is 0 Å². The summed E-state index contributed by atoms with van der Waals surface area (Å²) in [5.74, 6) is 0. The molecule has 0 bridgehead atoms. The van der Waals surface area contributed by atoms with Gasteiger partial charge in [-0.25, -0.2) is 9.97 Å². The fourth-order valence-corrected chi connectivity index (χ4v) is 2.34. The molecule has 1 unspecified atom stereocenters. The molecule has 17 heavy (non-hydrogen) atoms. The van der Waals surface area contributed by atoms with Crippen LogP contribution in [-0.2, 0) is 0 Å². The van der Waals surface area contributed by atoms with E-state index in [0.29, 0.717) is 5.25 Å². The number of hydrogen-bond acceptors (Lipinski definition) is 4. The molecule has 0 spiro atoms. The molecule has 1 atom stereocenters. The molecule has 1 N–H and O–H groups in total. The highest BCUT2D eigenvalue weighted by Crippen LogP contribution is 2.21. The third kappa shape index (κ3) is 4.48. The first-order chi connectivity index (χ1) is 8.04. The van der Waals surface area contributed by atoms with Gasteiger partial charge in [0.2, 0.25) is 0 Å². The predicted molar refractivity (Wildman–Crippen MR) is 74.6 cm³/mol. The van der Waals surface area contributed by atoms with Crippen molar-refractivity contribution >= 4 is 11.8 Å². The van der Waals surface area contributed by atoms with Gasteiger partial charge >= 0.3 is 0 Å². The Hall–Kier alpha value is -0.870. The Morgan fingerprint density at radius 2 is 1.88 bits per heavy atom. The summed E-state index contributed by atoms with van der Waals surface area (Å²) in [5.41, 5.74) is 3.34. The molecule has 0 radical (unpaired) electrons. The molecular formula is C13H21N3S. The Morgan fingerprint density at radius 3 is 2.41 bits per heavy atom. The smallest absolute Gasteiger partial charge is 0.188 e. The van der Waals surface area contributed by atoms with E-state index in [0.717, 1.165) is 29.6 Å². The first-order valence-electron chi connectivity index (χ1n) is 5.84. The maximum absolute atomic E-state index is 4.51. The van der Waals surface area contributed by atoms with Gasteiger partial charge in [0.25, 0.3) is 0 Å². The Balaban J connectivity index is 2.59. The van der Waals surface area contributed by atoms with E-state index < -0.39 is 0 Å². The van der Waals surface area contributed by atoms with Crippen LogP contribution < -0.4 is 5.32 Å². The third-order valence-corrected chi connectivity index (χ3v) is 3.60. The standard InChI is InChI=1S/C13H21N3S/c1-6-7-14-8-9(2)17-13-15-11(4)10(3)12(5)16-13/h6,9,14H,1,7-8H2,2-5H3. The number of aryl methyl sites for hydroxylation is 2. The van der Waals surface area contributed by atoms with E-state index in [-0.39, 0.29) is 0 Å². The van der Waals surface area contributed by atoms with Gasteiger partial charge in [-0.3, -0.25) is 0 Å². The molecule has 3 nitrogen and oxygen atoms in total. The minimum absolute atomic E-state index is 0.455. The van der Waals surface area contributed by atoms with Gasteiger partial charge in [0.1, 0.15) is 0 Å². The zero-order valence-corrected chi connectivity index (χ0v) is 11.9. The van der Waals surface area contributed by atoms with Crippen molar-refractivity contribution in [3.8, 4) is 0 Å². The number of nitrogens with zero attached hydrogens (tertiary/aromatic N) is 2. The molecule has 94 valence electrons. The van der Waals surface area contributed by atoms with Crippen LogP contribution in [0.2, 0.25) is 0 Å². The Labute approximate surface area is 108 Å². The van der Waals surface area contributed by atoms with Crippen molar-refractivity contribution in [1.29, 1.82) is 0 Å². The Bertz CT molecular complexity index is 367. The maximum atomic E-state index is 4.51. The molecule has 0 saturated heterocycles. The third-order valence-electron chi connectivity index (χ3n) is 2.64. The van der Waals surface area contributed by atoms with Crippen molar-refractivity contribution < 1.29 is 0 Å². The van der Waals surface area contributed by atoms with Gasteiger partial charge in [-0.2, -0.15) is 0 Å². The van der Waals surface area contributed by atoms with Gasteiger partial charge in [-0.05, 0) is 26.3 Å². The lowest BCUT2D eigenvalue weighted by Gasteiger charge is -2.12. The van der Waals surface area contributed by atoms with E-state index in [1.807, 2.05) is 19.9 Å².